The van der Waals surface area contributed by atoms with Gasteiger partial charge in [-0.25, -0.2) is 13.4 Å². The van der Waals surface area contributed by atoms with Gasteiger partial charge in [-0.15, -0.1) is 24.0 Å². The summed E-state index contributed by atoms with van der Waals surface area (Å²) in [6.45, 7) is 4.98. The second kappa shape index (κ2) is 11.3. The van der Waals surface area contributed by atoms with E-state index in [0.29, 0.717) is 31.2 Å². The molecular weight excluding hydrogens is 479 g/mol. The van der Waals surface area contributed by atoms with E-state index in [4.69, 9.17) is 4.52 Å². The highest BCUT2D eigenvalue weighted by atomic mass is 127. The lowest BCUT2D eigenvalue weighted by Crippen LogP contribution is -2.42. The fraction of sp³-hybridized carbons (Fsp3) is 0.444. The molecule has 0 spiro atoms. The third kappa shape index (κ3) is 8.74. The van der Waals surface area contributed by atoms with E-state index in [0.717, 1.165) is 11.3 Å². The fourth-order valence-electron chi connectivity index (χ4n) is 2.30. The van der Waals surface area contributed by atoms with Gasteiger partial charge in [-0.1, -0.05) is 35.5 Å². The van der Waals surface area contributed by atoms with Crippen molar-refractivity contribution in [3.05, 3.63) is 42.1 Å². The van der Waals surface area contributed by atoms with Gasteiger partial charge in [-0.05, 0) is 20.3 Å². The molecule has 1 aromatic heterocycles. The minimum atomic E-state index is -2.97. The molecule has 1 unspecified atom stereocenters. The quantitative estimate of drug-likeness (QED) is 0.325. The number of benzene rings is 1. The largest absolute Gasteiger partial charge is 0.357 e. The average Bonchev–Trinajstić information content (AvgIpc) is 3.07. The first kappa shape index (κ1) is 23.4. The van der Waals surface area contributed by atoms with Gasteiger partial charge in [0.15, 0.2) is 11.7 Å². The lowest BCUT2D eigenvalue weighted by molar-refractivity contribution is 0.424. The number of hydrogen-bond donors (Lipinski definition) is 2. The number of nitrogens with one attached hydrogen (secondary N) is 2. The predicted molar refractivity (Wildman–Crippen MR) is 119 cm³/mol. The van der Waals surface area contributed by atoms with Crippen LogP contribution < -0.4 is 10.6 Å². The summed E-state index contributed by atoms with van der Waals surface area (Å²) in [4.78, 5) is 4.50. The Morgan fingerprint density at radius 3 is 2.63 bits per heavy atom. The monoisotopic (exact) mass is 506 g/mol. The smallest absolute Gasteiger partial charge is 0.191 e. The van der Waals surface area contributed by atoms with E-state index in [1.54, 1.807) is 0 Å². The van der Waals surface area contributed by atoms with Gasteiger partial charge in [0, 0.05) is 30.5 Å². The first-order valence-electron chi connectivity index (χ1n) is 8.61. The second-order valence-corrected chi connectivity index (χ2v) is 8.47. The molecule has 1 heterocycles. The molecule has 0 saturated heterocycles. The summed E-state index contributed by atoms with van der Waals surface area (Å²) in [6, 6.07) is 11.6. The molecule has 0 fully saturated rings. The summed E-state index contributed by atoms with van der Waals surface area (Å²) in [5.74, 6) is 1.47. The Morgan fingerprint density at radius 1 is 1.30 bits per heavy atom. The van der Waals surface area contributed by atoms with E-state index >= 15 is 0 Å². The lowest BCUT2D eigenvalue weighted by atomic mass is 10.2. The molecule has 7 nitrogen and oxygen atoms in total. The summed E-state index contributed by atoms with van der Waals surface area (Å²) < 4.78 is 27.9. The van der Waals surface area contributed by atoms with Crippen LogP contribution in [0.25, 0.3) is 11.3 Å². The van der Waals surface area contributed by atoms with Crippen LogP contribution in [0.5, 0.6) is 0 Å². The molecule has 9 heteroatoms. The van der Waals surface area contributed by atoms with Crippen molar-refractivity contribution in [2.45, 2.75) is 32.9 Å². The summed E-state index contributed by atoms with van der Waals surface area (Å²) in [7, 11) is -2.97. The van der Waals surface area contributed by atoms with Crippen molar-refractivity contribution >= 4 is 39.8 Å². The highest BCUT2D eigenvalue weighted by molar-refractivity contribution is 14.0. The molecule has 0 aliphatic heterocycles. The number of aliphatic imine (C=N–C) groups is 1. The topological polar surface area (TPSA) is 96.6 Å². The Kier molecular flexibility index (Phi) is 9.78. The molecule has 1 atom stereocenters. The van der Waals surface area contributed by atoms with Gasteiger partial charge in [-0.2, -0.15) is 0 Å². The molecule has 0 radical (unpaired) electrons. The molecule has 27 heavy (non-hydrogen) atoms. The maximum atomic E-state index is 11.3. The zero-order valence-corrected chi connectivity index (χ0v) is 19.0. The van der Waals surface area contributed by atoms with Crippen LogP contribution in [0.2, 0.25) is 0 Å². The zero-order chi connectivity index (χ0) is 19.0. The van der Waals surface area contributed by atoms with Crippen LogP contribution in [-0.4, -0.2) is 44.1 Å². The van der Waals surface area contributed by atoms with Gasteiger partial charge in [0.1, 0.15) is 15.5 Å². The van der Waals surface area contributed by atoms with E-state index in [-0.39, 0.29) is 35.8 Å². The highest BCUT2D eigenvalue weighted by Crippen LogP contribution is 2.19. The van der Waals surface area contributed by atoms with Crippen molar-refractivity contribution in [2.75, 3.05) is 18.6 Å². The van der Waals surface area contributed by atoms with E-state index in [1.165, 1.54) is 6.26 Å². The number of nitrogens with zero attached hydrogens (tertiary/aromatic N) is 2. The SMILES string of the molecule is CCNC(=NCc1cc(-c2ccccc2)on1)NC(C)CCS(C)(=O)=O.I. The lowest BCUT2D eigenvalue weighted by Gasteiger charge is -2.17. The Balaban J connectivity index is 0.00000364. The van der Waals surface area contributed by atoms with Gasteiger partial charge < -0.3 is 15.2 Å². The molecule has 0 bridgehead atoms. The van der Waals surface area contributed by atoms with Crippen LogP contribution in [0.4, 0.5) is 0 Å². The van der Waals surface area contributed by atoms with Crippen molar-refractivity contribution in [3.63, 3.8) is 0 Å². The van der Waals surface area contributed by atoms with E-state index in [2.05, 4.69) is 20.8 Å². The minimum Gasteiger partial charge on any atom is -0.357 e. The molecule has 2 N–H and O–H groups in total. The van der Waals surface area contributed by atoms with Gasteiger partial charge in [0.25, 0.3) is 0 Å². The van der Waals surface area contributed by atoms with Crippen molar-refractivity contribution in [1.82, 2.24) is 15.8 Å². The van der Waals surface area contributed by atoms with Crippen LogP contribution in [0.1, 0.15) is 26.0 Å². The highest BCUT2D eigenvalue weighted by Gasteiger charge is 2.10. The van der Waals surface area contributed by atoms with Crippen molar-refractivity contribution < 1.29 is 12.9 Å². The number of aromatic nitrogens is 1. The Morgan fingerprint density at radius 2 is 2.00 bits per heavy atom. The van der Waals surface area contributed by atoms with Gasteiger partial charge in [-0.3, -0.25) is 0 Å². The molecule has 2 rings (SSSR count). The summed E-state index contributed by atoms with van der Waals surface area (Å²) in [6.07, 6.45) is 1.76. The van der Waals surface area contributed by atoms with Crippen molar-refractivity contribution in [3.8, 4) is 11.3 Å². The first-order valence-corrected chi connectivity index (χ1v) is 10.7. The van der Waals surface area contributed by atoms with E-state index in [9.17, 15) is 8.42 Å². The Labute approximate surface area is 178 Å². The summed E-state index contributed by atoms with van der Waals surface area (Å²) in [5.41, 5.74) is 1.69. The van der Waals surface area contributed by atoms with E-state index < -0.39 is 9.84 Å². The molecule has 150 valence electrons. The maximum absolute atomic E-state index is 11.3. The van der Waals surface area contributed by atoms with Crippen LogP contribution >= 0.6 is 24.0 Å². The van der Waals surface area contributed by atoms with E-state index in [1.807, 2.05) is 50.2 Å². The summed E-state index contributed by atoms with van der Waals surface area (Å²) in [5, 5.41) is 10.4. The predicted octanol–water partition coefficient (Wildman–Crippen LogP) is 2.84. The molecule has 2 aromatic rings. The number of sulfone groups is 1. The Bertz CT molecular complexity index is 822. The minimum absolute atomic E-state index is 0. The fourth-order valence-corrected chi connectivity index (χ4v) is 3.08. The van der Waals surface area contributed by atoms with Crippen molar-refractivity contribution in [2.24, 2.45) is 4.99 Å². The molecule has 0 amide bonds. The first-order chi connectivity index (χ1) is 12.4. The molecule has 0 saturated carbocycles. The maximum Gasteiger partial charge on any atom is 0.191 e. The van der Waals surface area contributed by atoms with Crippen LogP contribution in [0.15, 0.2) is 45.9 Å². The normalized spacial score (nSPS) is 12.9. The third-order valence-corrected chi connectivity index (χ3v) is 4.64. The van der Waals surface area contributed by atoms with Crippen molar-refractivity contribution in [1.29, 1.82) is 0 Å². The Hall–Kier alpha value is -1.62. The number of guanidine groups is 1. The van der Waals surface area contributed by atoms with Crippen LogP contribution in [0.3, 0.4) is 0 Å². The molecular formula is C18H27IN4O3S. The van der Waals surface area contributed by atoms with Gasteiger partial charge in [0.2, 0.25) is 0 Å². The molecule has 0 aliphatic carbocycles. The average molecular weight is 506 g/mol. The number of rotatable bonds is 8. The molecule has 1 aromatic carbocycles. The second-order valence-electron chi connectivity index (χ2n) is 6.21. The number of hydrogen-bond acceptors (Lipinski definition) is 5. The summed E-state index contributed by atoms with van der Waals surface area (Å²) >= 11 is 0. The zero-order valence-electron chi connectivity index (χ0n) is 15.8. The van der Waals surface area contributed by atoms with Gasteiger partial charge in [0.05, 0.1) is 12.3 Å². The standard InChI is InChI=1S/C18H26N4O3S.HI/c1-4-19-18(21-14(2)10-11-26(3,23)24)20-13-16-12-17(25-22-16)15-8-6-5-7-9-15;/h5-9,12,14H,4,10-11,13H2,1-3H3,(H2,19,20,21);1H. The van der Waals surface area contributed by atoms with Crippen LogP contribution in [0, 0.1) is 0 Å². The van der Waals surface area contributed by atoms with Crippen LogP contribution in [-0.2, 0) is 16.4 Å². The number of halogens is 1. The third-order valence-electron chi connectivity index (χ3n) is 3.67. The van der Waals surface area contributed by atoms with Gasteiger partial charge >= 0.3 is 0 Å². The molecule has 0 aliphatic rings.